The van der Waals surface area contributed by atoms with E-state index in [-0.39, 0.29) is 22.6 Å². The van der Waals surface area contributed by atoms with Gasteiger partial charge in [0.05, 0.1) is 32.8 Å². The maximum atomic E-state index is 14.3. The zero-order chi connectivity index (χ0) is 47.2. The summed E-state index contributed by atoms with van der Waals surface area (Å²) >= 11 is 6.27. The summed E-state index contributed by atoms with van der Waals surface area (Å²) < 4.78 is 37.3. The van der Waals surface area contributed by atoms with Crippen molar-refractivity contribution >= 4 is 72.2 Å². The Morgan fingerprint density at radius 3 is 2.56 bits per heavy atom. The number of nitro benzene ring substituents is 1. The van der Waals surface area contributed by atoms with Gasteiger partial charge in [-0.25, -0.2) is 22.8 Å². The number of carbonyl (C=O) groups is 1. The van der Waals surface area contributed by atoms with Crippen LogP contribution in [0.25, 0.3) is 33.3 Å². The van der Waals surface area contributed by atoms with E-state index in [1.807, 2.05) is 36.4 Å². The van der Waals surface area contributed by atoms with Gasteiger partial charge in [0.2, 0.25) is 0 Å². The Morgan fingerprint density at radius 1 is 0.985 bits per heavy atom. The minimum atomic E-state index is -4.58. The van der Waals surface area contributed by atoms with Crippen LogP contribution in [0, 0.1) is 21.4 Å². The number of pyridine rings is 1. The number of aromatic amines is 1. The van der Waals surface area contributed by atoms with E-state index in [1.54, 1.807) is 23.1 Å². The molecule has 16 nitrogen and oxygen atoms in total. The van der Waals surface area contributed by atoms with Gasteiger partial charge in [-0.05, 0) is 122 Å². The molecule has 0 radical (unpaired) electrons. The summed E-state index contributed by atoms with van der Waals surface area (Å²) in [6.45, 7) is 12.6. The maximum Gasteiger partial charge on any atom is 0.293 e. The molecule has 1 atom stereocenters. The molecule has 68 heavy (non-hydrogen) atoms. The fourth-order valence-electron chi connectivity index (χ4n) is 10.5. The number of H-pyrrole nitrogens is 1. The number of sulfonamides is 1. The van der Waals surface area contributed by atoms with Crippen molar-refractivity contribution in [2.45, 2.75) is 63.3 Å². The predicted molar refractivity (Wildman–Crippen MR) is 265 cm³/mol. The average molecular weight is 962 g/mol. The molecule has 6 heterocycles. The number of carbonyl (C=O) groups excluding carboxylic acids is 1. The molecule has 3 fully saturated rings. The lowest BCUT2D eigenvalue weighted by atomic mass is 9.72. The maximum absolute atomic E-state index is 14.3. The Balaban J connectivity index is 0.879. The number of hydrogen-bond donors (Lipinski definition) is 3. The molecule has 10 rings (SSSR count). The molecule has 6 aromatic rings. The minimum Gasteiger partial charge on any atom is -0.381 e. The van der Waals surface area contributed by atoms with Crippen LogP contribution in [0.2, 0.25) is 5.02 Å². The number of aromatic nitrogens is 4. The van der Waals surface area contributed by atoms with Crippen molar-refractivity contribution in [3.63, 3.8) is 0 Å². The molecule has 0 unspecified atom stereocenters. The molecule has 3 aliphatic heterocycles. The number of nitro groups is 1. The van der Waals surface area contributed by atoms with Crippen molar-refractivity contribution in [3.05, 3.63) is 117 Å². The van der Waals surface area contributed by atoms with Crippen LogP contribution in [0.3, 0.4) is 0 Å². The summed E-state index contributed by atoms with van der Waals surface area (Å²) in [4.78, 5) is 40.7. The minimum absolute atomic E-state index is 0.0520. The molecular formula is C50H57ClN10O6S. The summed E-state index contributed by atoms with van der Waals surface area (Å²) in [5, 5.41) is 21.8. The SMILES string of the molecule is CC1(C)CCC(CN2CCN(c3ccc(C(=O)NS(=O)(=O)c4ccc(NC[C@H]5CCN(C6CCOCC6)C5)c([N+](=O)[O-])c4)c(-n4ncc5nc6[nH]ccc6cc54)c3)CC2)=C(c2ccc(Cl)cc2)C1. The molecule has 3 aromatic heterocycles. The Morgan fingerprint density at radius 2 is 1.78 bits per heavy atom. The Hall–Kier alpha value is -5.85. The smallest absolute Gasteiger partial charge is 0.293 e. The number of hydrogen-bond acceptors (Lipinski definition) is 12. The van der Waals surface area contributed by atoms with E-state index < -0.39 is 31.4 Å². The van der Waals surface area contributed by atoms with Crippen molar-refractivity contribution in [1.29, 1.82) is 0 Å². The molecule has 0 spiro atoms. The Kier molecular flexibility index (Phi) is 12.8. The predicted octanol–water partition coefficient (Wildman–Crippen LogP) is 8.28. The monoisotopic (exact) mass is 960 g/mol. The van der Waals surface area contributed by atoms with Gasteiger partial charge in [0.25, 0.3) is 21.6 Å². The summed E-state index contributed by atoms with van der Waals surface area (Å²) in [5.41, 5.74) is 7.34. The first kappa shape index (κ1) is 45.9. The second-order valence-corrected chi connectivity index (χ2v) is 21.6. The quantitative estimate of drug-likeness (QED) is 0.0745. The van der Waals surface area contributed by atoms with Crippen LogP contribution < -0.4 is 14.9 Å². The lowest BCUT2D eigenvalue weighted by Gasteiger charge is -2.39. The molecule has 356 valence electrons. The van der Waals surface area contributed by atoms with Gasteiger partial charge in [-0.15, -0.1) is 0 Å². The van der Waals surface area contributed by atoms with E-state index >= 15 is 0 Å². The van der Waals surface area contributed by atoms with Crippen molar-refractivity contribution in [1.82, 2.24) is 34.3 Å². The molecule has 0 saturated carbocycles. The van der Waals surface area contributed by atoms with E-state index in [0.29, 0.717) is 35.0 Å². The number of anilines is 2. The van der Waals surface area contributed by atoms with Crippen LogP contribution >= 0.6 is 11.6 Å². The fourth-order valence-corrected chi connectivity index (χ4v) is 11.6. The number of allylic oxidation sites excluding steroid dienone is 1. The van der Waals surface area contributed by atoms with Crippen LogP contribution in [0.4, 0.5) is 17.1 Å². The van der Waals surface area contributed by atoms with Crippen LogP contribution in [-0.4, -0.2) is 120 Å². The van der Waals surface area contributed by atoms with Gasteiger partial charge < -0.3 is 19.9 Å². The molecular weight excluding hydrogens is 904 g/mol. The van der Waals surface area contributed by atoms with Crippen LogP contribution in [-0.2, 0) is 14.8 Å². The zero-order valence-corrected chi connectivity index (χ0v) is 40.0. The normalized spacial score (nSPS) is 19.8. The van der Waals surface area contributed by atoms with Gasteiger partial charge in [-0.2, -0.15) is 5.10 Å². The molecule has 3 aromatic carbocycles. The number of likely N-dealkylation sites (tertiary alicyclic amines) is 1. The van der Waals surface area contributed by atoms with Gasteiger partial charge >= 0.3 is 0 Å². The number of halogens is 1. The number of piperazine rings is 1. The van der Waals surface area contributed by atoms with Gasteiger partial charge in [0, 0.05) is 93.4 Å². The number of nitrogens with one attached hydrogen (secondary N) is 3. The van der Waals surface area contributed by atoms with Gasteiger partial charge in [0.1, 0.15) is 16.9 Å². The second-order valence-electron chi connectivity index (χ2n) is 19.5. The van der Waals surface area contributed by atoms with Crippen LogP contribution in [0.5, 0.6) is 0 Å². The summed E-state index contributed by atoms with van der Waals surface area (Å²) in [6, 6.07) is 21.5. The Bertz CT molecular complexity index is 3010. The second kappa shape index (κ2) is 18.9. The first-order chi connectivity index (χ1) is 32.8. The van der Waals surface area contributed by atoms with Crippen molar-refractivity contribution < 1.29 is 22.9 Å². The molecule has 4 aliphatic rings. The summed E-state index contributed by atoms with van der Waals surface area (Å²) in [5.74, 6) is -0.620. The third-order valence-corrected chi connectivity index (χ3v) is 15.9. The Labute approximate surface area is 400 Å². The van der Waals surface area contributed by atoms with E-state index in [2.05, 4.69) is 60.8 Å². The molecule has 3 saturated heterocycles. The third-order valence-electron chi connectivity index (χ3n) is 14.4. The standard InChI is InChI=1S/C50H57ClN10O6S/c1-50(2)16-11-36(42(28-50)34-3-5-37(51)6-4-34)32-57-19-21-58(22-20-57)39-7-9-41(45(26-39)60-46-25-35-12-17-52-48(35)55-44(46)30-54-60)49(62)56-68(65,66)40-8-10-43(47(27-40)61(63)64)53-29-33-13-18-59(31-33)38-14-23-67-24-15-38/h3-10,12,17,25-27,30,33,38,53H,11,13-16,18-24,28-29,31-32H2,1-2H3,(H,52,55)(H,56,62)/t33-/m1/s1. The topological polar surface area (TPSA) is 184 Å². The van der Waals surface area contributed by atoms with Gasteiger partial charge in [-0.1, -0.05) is 43.2 Å². The third kappa shape index (κ3) is 9.72. The highest BCUT2D eigenvalue weighted by molar-refractivity contribution is 7.90. The van der Waals surface area contributed by atoms with E-state index in [0.717, 1.165) is 120 Å². The molecule has 3 N–H and O–H groups in total. The number of benzene rings is 3. The number of fused-ring (bicyclic) bond motifs is 2. The highest BCUT2D eigenvalue weighted by Gasteiger charge is 2.32. The fraction of sp³-hybridized carbons (Fsp3) is 0.420. The van der Waals surface area contributed by atoms with Crippen molar-refractivity contribution in [2.24, 2.45) is 11.3 Å². The first-order valence-corrected chi connectivity index (χ1v) is 25.4. The van der Waals surface area contributed by atoms with Gasteiger partial charge in [-0.3, -0.25) is 24.7 Å². The molecule has 1 aliphatic carbocycles. The highest BCUT2D eigenvalue weighted by Crippen LogP contribution is 2.43. The van der Waals surface area contributed by atoms with E-state index in [4.69, 9.17) is 21.3 Å². The number of ether oxygens (including phenoxy) is 1. The number of rotatable bonds is 13. The number of nitrogens with zero attached hydrogens (tertiary/aromatic N) is 7. The molecule has 18 heteroatoms. The highest BCUT2D eigenvalue weighted by atomic mass is 35.5. The number of amides is 1. The summed E-state index contributed by atoms with van der Waals surface area (Å²) in [6.07, 6.45) is 9.58. The van der Waals surface area contributed by atoms with Crippen molar-refractivity contribution in [3.8, 4) is 5.69 Å². The molecule has 1 amide bonds. The lowest BCUT2D eigenvalue weighted by molar-refractivity contribution is -0.384. The first-order valence-electron chi connectivity index (χ1n) is 23.6. The zero-order valence-electron chi connectivity index (χ0n) is 38.4. The summed E-state index contributed by atoms with van der Waals surface area (Å²) in [7, 11) is -4.58. The van der Waals surface area contributed by atoms with Gasteiger partial charge in [0.15, 0.2) is 0 Å². The van der Waals surface area contributed by atoms with E-state index in [9.17, 15) is 23.3 Å². The van der Waals surface area contributed by atoms with Crippen molar-refractivity contribution in [2.75, 3.05) is 75.8 Å². The van der Waals surface area contributed by atoms with Crippen LogP contribution in [0.1, 0.15) is 68.3 Å². The largest absolute Gasteiger partial charge is 0.381 e. The lowest BCUT2D eigenvalue weighted by Crippen LogP contribution is -2.47. The average Bonchev–Trinajstić information content (AvgIpc) is 4.11. The van der Waals surface area contributed by atoms with E-state index in [1.165, 1.54) is 28.8 Å². The molecule has 0 bridgehead atoms. The van der Waals surface area contributed by atoms with Crippen LogP contribution in [0.15, 0.2) is 95.7 Å².